The van der Waals surface area contributed by atoms with E-state index in [1.54, 1.807) is 41.8 Å². The Bertz CT molecular complexity index is 1760. The van der Waals surface area contributed by atoms with Gasteiger partial charge in [0.05, 0.1) is 39.8 Å². The zero-order chi connectivity index (χ0) is 31.5. The number of likely N-dealkylation sites (tertiary alicyclic amines) is 1. The molecule has 0 aliphatic carbocycles. The Morgan fingerprint density at radius 1 is 1.18 bits per heavy atom. The molecule has 0 unspecified atom stereocenters. The van der Waals surface area contributed by atoms with E-state index in [2.05, 4.69) is 6.92 Å². The lowest BCUT2D eigenvalue weighted by Crippen LogP contribution is -2.40. The van der Waals surface area contributed by atoms with Crippen molar-refractivity contribution < 1.29 is 18.3 Å². The first-order chi connectivity index (χ1) is 21.1. The van der Waals surface area contributed by atoms with Gasteiger partial charge in [-0.25, -0.2) is 13.8 Å². The number of nitrogens with zero attached hydrogens (tertiary/aromatic N) is 3. The summed E-state index contributed by atoms with van der Waals surface area (Å²) < 4.78 is 33.4. The van der Waals surface area contributed by atoms with E-state index < -0.39 is 12.0 Å². The van der Waals surface area contributed by atoms with Crippen LogP contribution in [0.2, 0.25) is 5.02 Å². The molecule has 1 atom stereocenters. The Labute approximate surface area is 264 Å². The molecule has 1 amide bonds. The maximum absolute atomic E-state index is 14.5. The summed E-state index contributed by atoms with van der Waals surface area (Å²) in [5.41, 5.74) is 3.02. The van der Waals surface area contributed by atoms with E-state index in [1.165, 1.54) is 28.0 Å². The van der Waals surface area contributed by atoms with Crippen molar-refractivity contribution >= 4 is 34.9 Å². The molecule has 0 N–H and O–H groups in total. The van der Waals surface area contributed by atoms with Gasteiger partial charge in [-0.05, 0) is 63.8 Å². The summed E-state index contributed by atoms with van der Waals surface area (Å²) in [6.07, 6.45) is 1.21. The Morgan fingerprint density at radius 2 is 1.93 bits per heavy atom. The fourth-order valence-electron chi connectivity index (χ4n) is 5.40. The number of amides is 1. The van der Waals surface area contributed by atoms with Crippen molar-refractivity contribution in [3.05, 3.63) is 91.7 Å². The van der Waals surface area contributed by atoms with Crippen molar-refractivity contribution in [2.75, 3.05) is 19.7 Å². The highest BCUT2D eigenvalue weighted by Crippen LogP contribution is 2.33. The van der Waals surface area contributed by atoms with Gasteiger partial charge in [-0.15, -0.1) is 11.3 Å². The van der Waals surface area contributed by atoms with E-state index in [4.69, 9.17) is 21.3 Å². The van der Waals surface area contributed by atoms with Gasteiger partial charge in [0.2, 0.25) is 0 Å². The van der Waals surface area contributed by atoms with Crippen LogP contribution in [0.1, 0.15) is 68.6 Å². The third-order valence-electron chi connectivity index (χ3n) is 7.50. The van der Waals surface area contributed by atoms with Crippen LogP contribution in [0.3, 0.4) is 0 Å². The summed E-state index contributed by atoms with van der Waals surface area (Å²) in [4.78, 5) is 35.3. The molecular formula is C34H34ClF2N3O3S. The number of hydrogen-bond acceptors (Lipinski definition) is 5. The highest BCUT2D eigenvalue weighted by Gasteiger charge is 2.28. The maximum atomic E-state index is 14.5. The van der Waals surface area contributed by atoms with Crippen LogP contribution in [-0.2, 0) is 0 Å². The predicted molar refractivity (Wildman–Crippen MR) is 173 cm³/mol. The van der Waals surface area contributed by atoms with Crippen LogP contribution in [0.25, 0.3) is 33.6 Å². The molecule has 1 aliphatic heterocycles. The van der Waals surface area contributed by atoms with E-state index in [-0.39, 0.29) is 17.0 Å². The molecule has 4 aromatic rings. The maximum Gasteiger partial charge on any atom is 0.265 e. The van der Waals surface area contributed by atoms with Crippen LogP contribution in [0, 0.1) is 5.92 Å². The standard InChI is InChI=1S/C34H34ClF2N3O3S/c1-5-43-24-12-13-27(35)30(16-24)40-29(15-20(2)3)25(33(41)39-14-6-7-21(4)18-39)17-26(34(40)42)32-38-28(19-44-32)22-8-10-23(11-9-22)31(36)37/h8-13,15-17,19,21,31H,5-7,14,18H2,1-4H3/t21-/m1/s1. The van der Waals surface area contributed by atoms with Gasteiger partial charge < -0.3 is 9.64 Å². The van der Waals surface area contributed by atoms with Crippen molar-refractivity contribution in [1.82, 2.24) is 14.5 Å². The number of carbonyl (C=O) groups excluding carboxylic acids is 1. The average Bonchev–Trinajstić information content (AvgIpc) is 3.48. The summed E-state index contributed by atoms with van der Waals surface area (Å²) >= 11 is 7.98. The predicted octanol–water partition coefficient (Wildman–Crippen LogP) is 8.91. The van der Waals surface area contributed by atoms with Gasteiger partial charge in [0.1, 0.15) is 10.8 Å². The molecule has 0 spiro atoms. The number of piperidine rings is 1. The second kappa shape index (κ2) is 13.4. The monoisotopic (exact) mass is 637 g/mol. The SMILES string of the molecule is CCOc1ccc(Cl)c(-n2c(C=C(C)C)c(C(=O)N3CCC[C@@H](C)C3)cc(-c3nc(-c4ccc(C(F)F)cc4)cs3)c2=O)c1. The Morgan fingerprint density at radius 3 is 2.59 bits per heavy atom. The van der Waals surface area contributed by atoms with Gasteiger partial charge >= 0.3 is 0 Å². The summed E-state index contributed by atoms with van der Waals surface area (Å²) in [6, 6.07) is 12.6. The van der Waals surface area contributed by atoms with E-state index >= 15 is 0 Å². The Kier molecular flexibility index (Phi) is 9.65. The topological polar surface area (TPSA) is 64.4 Å². The van der Waals surface area contributed by atoms with Crippen molar-refractivity contribution in [2.45, 2.75) is 47.0 Å². The molecule has 44 heavy (non-hydrogen) atoms. The zero-order valence-corrected chi connectivity index (χ0v) is 26.6. The van der Waals surface area contributed by atoms with Crippen LogP contribution in [0.5, 0.6) is 5.75 Å². The van der Waals surface area contributed by atoms with E-state index in [0.717, 1.165) is 18.4 Å². The third-order valence-corrected chi connectivity index (χ3v) is 8.70. The molecule has 3 heterocycles. The normalized spacial score (nSPS) is 15.0. The summed E-state index contributed by atoms with van der Waals surface area (Å²) in [5.74, 6) is 0.727. The van der Waals surface area contributed by atoms with Crippen LogP contribution < -0.4 is 10.3 Å². The number of thiazole rings is 1. The molecule has 2 aromatic heterocycles. The molecule has 1 aliphatic rings. The minimum Gasteiger partial charge on any atom is -0.494 e. The average molecular weight is 638 g/mol. The third kappa shape index (κ3) is 6.64. The van der Waals surface area contributed by atoms with Crippen LogP contribution in [0.4, 0.5) is 8.78 Å². The smallest absolute Gasteiger partial charge is 0.265 e. The van der Waals surface area contributed by atoms with Crippen molar-refractivity contribution in [2.24, 2.45) is 5.92 Å². The quantitative estimate of drug-likeness (QED) is 0.194. The number of carbonyl (C=O) groups is 1. The van der Waals surface area contributed by atoms with Crippen LogP contribution in [0.15, 0.2) is 64.3 Å². The molecule has 1 saturated heterocycles. The van der Waals surface area contributed by atoms with Gasteiger partial charge in [-0.1, -0.05) is 48.4 Å². The Hall–Kier alpha value is -3.82. The number of rotatable bonds is 8. The highest BCUT2D eigenvalue weighted by atomic mass is 35.5. The number of ether oxygens (including phenoxy) is 1. The van der Waals surface area contributed by atoms with Gasteiger partial charge in [0.15, 0.2) is 0 Å². The molecule has 0 bridgehead atoms. The lowest BCUT2D eigenvalue weighted by atomic mass is 9.98. The number of halogens is 3. The van der Waals surface area contributed by atoms with Gasteiger partial charge in [-0.3, -0.25) is 14.2 Å². The number of allylic oxidation sites excluding steroid dienone is 1. The van der Waals surface area contributed by atoms with Crippen molar-refractivity contribution in [3.8, 4) is 33.3 Å². The lowest BCUT2D eigenvalue weighted by Gasteiger charge is -2.32. The number of alkyl halides is 2. The second-order valence-corrected chi connectivity index (χ2v) is 12.5. The van der Waals surface area contributed by atoms with Gasteiger partial charge in [0.25, 0.3) is 17.9 Å². The van der Waals surface area contributed by atoms with Crippen molar-refractivity contribution in [3.63, 3.8) is 0 Å². The highest BCUT2D eigenvalue weighted by molar-refractivity contribution is 7.13. The van der Waals surface area contributed by atoms with E-state index in [1.807, 2.05) is 31.7 Å². The first-order valence-electron chi connectivity index (χ1n) is 14.6. The molecule has 230 valence electrons. The van der Waals surface area contributed by atoms with E-state index in [9.17, 15) is 18.4 Å². The van der Waals surface area contributed by atoms with Gasteiger partial charge in [0, 0.05) is 35.7 Å². The molecule has 1 fully saturated rings. The Balaban J connectivity index is 1.75. The number of aromatic nitrogens is 2. The molecular weight excluding hydrogens is 604 g/mol. The van der Waals surface area contributed by atoms with Gasteiger partial charge in [-0.2, -0.15) is 0 Å². The van der Waals surface area contributed by atoms with E-state index in [0.29, 0.717) is 69.6 Å². The fraction of sp³-hybridized carbons (Fsp3) is 0.324. The summed E-state index contributed by atoms with van der Waals surface area (Å²) in [7, 11) is 0. The van der Waals surface area contributed by atoms with Crippen molar-refractivity contribution in [1.29, 1.82) is 0 Å². The minimum absolute atomic E-state index is 0.0803. The first kappa shape index (κ1) is 31.6. The summed E-state index contributed by atoms with van der Waals surface area (Å²) in [5, 5.41) is 2.50. The largest absolute Gasteiger partial charge is 0.494 e. The molecule has 0 radical (unpaired) electrons. The number of pyridine rings is 1. The number of hydrogen-bond donors (Lipinski definition) is 0. The lowest BCUT2D eigenvalue weighted by molar-refractivity contribution is 0.0682. The first-order valence-corrected chi connectivity index (χ1v) is 15.8. The second-order valence-electron chi connectivity index (χ2n) is 11.2. The van der Waals surface area contributed by atoms with Crippen LogP contribution >= 0.6 is 22.9 Å². The van der Waals surface area contributed by atoms with Crippen LogP contribution in [-0.4, -0.2) is 40.1 Å². The molecule has 0 saturated carbocycles. The molecule has 6 nitrogen and oxygen atoms in total. The summed E-state index contributed by atoms with van der Waals surface area (Å²) in [6.45, 7) is 9.49. The minimum atomic E-state index is -2.57. The molecule has 2 aromatic carbocycles. The number of benzene rings is 2. The fourth-order valence-corrected chi connectivity index (χ4v) is 6.44. The zero-order valence-electron chi connectivity index (χ0n) is 25.1. The molecule has 10 heteroatoms. The molecule has 5 rings (SSSR count).